The van der Waals surface area contributed by atoms with Gasteiger partial charge in [0.2, 0.25) is 5.91 Å². The summed E-state index contributed by atoms with van der Waals surface area (Å²) in [6.07, 6.45) is 3.32. The van der Waals surface area contributed by atoms with Crippen LogP contribution in [0.25, 0.3) is 0 Å². The van der Waals surface area contributed by atoms with Gasteiger partial charge in [0.1, 0.15) is 17.4 Å². The highest BCUT2D eigenvalue weighted by Gasteiger charge is 2.56. The molecule has 6 nitrogen and oxygen atoms in total. The second-order valence-electron chi connectivity index (χ2n) is 6.87. The van der Waals surface area contributed by atoms with E-state index in [9.17, 15) is 18.8 Å². The third kappa shape index (κ3) is 2.88. The van der Waals surface area contributed by atoms with E-state index in [1.54, 1.807) is 6.07 Å². The van der Waals surface area contributed by atoms with Crippen LogP contribution >= 0.6 is 0 Å². The fourth-order valence-corrected chi connectivity index (χ4v) is 3.73. The van der Waals surface area contributed by atoms with Crippen molar-refractivity contribution in [3.63, 3.8) is 0 Å². The number of hydrogen-bond donors (Lipinski definition) is 2. The SMILES string of the molecule is C[C@@H](C(=O)Nc1ccccc1F)N1C(=O)N[C@]2(CCCC[C@@H]2C)C1=O. The summed E-state index contributed by atoms with van der Waals surface area (Å²) >= 11 is 0. The zero-order valence-corrected chi connectivity index (χ0v) is 14.3. The molecular weight excluding hydrogens is 325 g/mol. The normalized spacial score (nSPS) is 27.3. The van der Waals surface area contributed by atoms with Crippen molar-refractivity contribution < 1.29 is 18.8 Å². The number of para-hydroxylation sites is 1. The summed E-state index contributed by atoms with van der Waals surface area (Å²) in [5.41, 5.74) is -0.894. The number of anilines is 1. The number of urea groups is 1. The highest BCUT2D eigenvalue weighted by molar-refractivity contribution is 6.11. The van der Waals surface area contributed by atoms with Crippen molar-refractivity contribution in [2.45, 2.75) is 51.1 Å². The van der Waals surface area contributed by atoms with E-state index >= 15 is 0 Å². The monoisotopic (exact) mass is 347 g/mol. The van der Waals surface area contributed by atoms with Gasteiger partial charge in [0.05, 0.1) is 5.69 Å². The Bertz CT molecular complexity index is 723. The average molecular weight is 347 g/mol. The second kappa shape index (κ2) is 6.46. The molecule has 2 aliphatic rings. The number of hydrogen-bond acceptors (Lipinski definition) is 3. The standard InChI is InChI=1S/C18H22FN3O3/c1-11-7-5-6-10-18(11)16(24)22(17(25)21-18)12(2)15(23)20-14-9-4-3-8-13(14)19/h3-4,8-9,11-12H,5-7,10H2,1-2H3,(H,20,23)(H,21,25)/t11-,12-,18-/m0/s1. The number of benzene rings is 1. The Labute approximate surface area is 145 Å². The Hall–Kier alpha value is -2.44. The quantitative estimate of drug-likeness (QED) is 0.825. The lowest BCUT2D eigenvalue weighted by atomic mass is 9.73. The van der Waals surface area contributed by atoms with Crippen LogP contribution in [0.5, 0.6) is 0 Å². The number of halogens is 1. The van der Waals surface area contributed by atoms with Crippen LogP contribution in [0.2, 0.25) is 0 Å². The molecule has 1 aromatic rings. The Kier molecular flexibility index (Phi) is 4.49. The van der Waals surface area contributed by atoms with Gasteiger partial charge in [-0.1, -0.05) is 31.9 Å². The summed E-state index contributed by atoms with van der Waals surface area (Å²) in [4.78, 5) is 38.8. The molecule has 25 heavy (non-hydrogen) atoms. The zero-order chi connectivity index (χ0) is 18.2. The summed E-state index contributed by atoms with van der Waals surface area (Å²) in [6, 6.07) is 4.18. The molecule has 134 valence electrons. The topological polar surface area (TPSA) is 78.5 Å². The average Bonchev–Trinajstić information content (AvgIpc) is 2.83. The largest absolute Gasteiger partial charge is 0.325 e. The summed E-state index contributed by atoms with van der Waals surface area (Å²) in [7, 11) is 0. The molecule has 4 amide bonds. The Morgan fingerprint density at radius 2 is 2.08 bits per heavy atom. The number of nitrogens with one attached hydrogen (secondary N) is 2. The third-order valence-electron chi connectivity index (χ3n) is 5.35. The van der Waals surface area contributed by atoms with E-state index in [0.717, 1.165) is 24.2 Å². The van der Waals surface area contributed by atoms with Gasteiger partial charge < -0.3 is 10.6 Å². The van der Waals surface area contributed by atoms with Gasteiger partial charge in [0.15, 0.2) is 0 Å². The molecule has 7 heteroatoms. The minimum atomic E-state index is -1.03. The van der Waals surface area contributed by atoms with Gasteiger partial charge in [-0.25, -0.2) is 14.1 Å². The van der Waals surface area contributed by atoms with E-state index in [0.29, 0.717) is 6.42 Å². The van der Waals surface area contributed by atoms with Crippen LogP contribution in [0.3, 0.4) is 0 Å². The predicted octanol–water partition coefficient (Wildman–Crippen LogP) is 2.65. The molecule has 2 fully saturated rings. The minimum Gasteiger partial charge on any atom is -0.323 e. The maximum atomic E-state index is 13.7. The first-order valence-corrected chi connectivity index (χ1v) is 8.58. The first kappa shape index (κ1) is 17.4. The lowest BCUT2D eigenvalue weighted by Crippen LogP contribution is -2.54. The highest BCUT2D eigenvalue weighted by Crippen LogP contribution is 2.38. The van der Waals surface area contributed by atoms with Gasteiger partial charge in [0.25, 0.3) is 5.91 Å². The van der Waals surface area contributed by atoms with Crippen LogP contribution in [0, 0.1) is 11.7 Å². The van der Waals surface area contributed by atoms with Crippen LogP contribution in [-0.2, 0) is 9.59 Å². The van der Waals surface area contributed by atoms with E-state index in [1.165, 1.54) is 25.1 Å². The van der Waals surface area contributed by atoms with Gasteiger partial charge in [-0.15, -0.1) is 0 Å². The van der Waals surface area contributed by atoms with Crippen molar-refractivity contribution >= 4 is 23.5 Å². The van der Waals surface area contributed by atoms with Crippen molar-refractivity contribution in [1.29, 1.82) is 0 Å². The molecule has 1 heterocycles. The molecular formula is C18H22FN3O3. The third-order valence-corrected chi connectivity index (χ3v) is 5.35. The zero-order valence-electron chi connectivity index (χ0n) is 14.3. The summed E-state index contributed by atoms with van der Waals surface area (Å²) in [5.74, 6) is -1.52. The highest BCUT2D eigenvalue weighted by atomic mass is 19.1. The van der Waals surface area contributed by atoms with Crippen molar-refractivity contribution in [2.75, 3.05) is 5.32 Å². The molecule has 0 bridgehead atoms. The van der Waals surface area contributed by atoms with Crippen molar-refractivity contribution in [2.24, 2.45) is 5.92 Å². The predicted molar refractivity (Wildman–Crippen MR) is 90.2 cm³/mol. The second-order valence-corrected chi connectivity index (χ2v) is 6.87. The summed E-state index contributed by atoms with van der Waals surface area (Å²) in [6.45, 7) is 3.42. The fraction of sp³-hybridized carbons (Fsp3) is 0.500. The van der Waals surface area contributed by atoms with Crippen LogP contribution in [-0.4, -0.2) is 34.3 Å². The van der Waals surface area contributed by atoms with E-state index in [-0.39, 0.29) is 17.5 Å². The fourth-order valence-electron chi connectivity index (χ4n) is 3.73. The van der Waals surface area contributed by atoms with Crippen LogP contribution in [0.15, 0.2) is 24.3 Å². The first-order chi connectivity index (χ1) is 11.9. The molecule has 1 aliphatic carbocycles. The maximum Gasteiger partial charge on any atom is 0.325 e. The maximum absolute atomic E-state index is 13.7. The first-order valence-electron chi connectivity index (χ1n) is 8.58. The van der Waals surface area contributed by atoms with Crippen molar-refractivity contribution in [1.82, 2.24) is 10.2 Å². The van der Waals surface area contributed by atoms with Crippen LogP contribution in [0.1, 0.15) is 39.5 Å². The molecule has 3 rings (SSSR count). The van der Waals surface area contributed by atoms with Crippen LogP contribution < -0.4 is 10.6 Å². The Morgan fingerprint density at radius 1 is 1.36 bits per heavy atom. The molecule has 0 unspecified atom stereocenters. The number of rotatable bonds is 3. The number of nitrogens with zero attached hydrogens (tertiary/aromatic N) is 1. The van der Waals surface area contributed by atoms with E-state index in [4.69, 9.17) is 0 Å². The van der Waals surface area contributed by atoms with Gasteiger partial charge in [0, 0.05) is 0 Å². The van der Waals surface area contributed by atoms with Gasteiger partial charge in [-0.2, -0.15) is 0 Å². The molecule has 1 aliphatic heterocycles. The van der Waals surface area contributed by atoms with Gasteiger partial charge in [-0.3, -0.25) is 9.59 Å². The van der Waals surface area contributed by atoms with E-state index in [2.05, 4.69) is 10.6 Å². The lowest BCUT2D eigenvalue weighted by molar-refractivity contribution is -0.138. The Balaban J connectivity index is 1.79. The van der Waals surface area contributed by atoms with E-state index in [1.807, 2.05) is 6.92 Å². The number of imide groups is 1. The molecule has 0 radical (unpaired) electrons. The number of carbonyl (C=O) groups excluding carboxylic acids is 3. The number of carbonyl (C=O) groups is 3. The molecule has 0 aromatic heterocycles. The molecule has 3 atom stereocenters. The van der Waals surface area contributed by atoms with Crippen LogP contribution in [0.4, 0.5) is 14.9 Å². The molecule has 1 aromatic carbocycles. The van der Waals surface area contributed by atoms with Gasteiger partial charge >= 0.3 is 6.03 Å². The molecule has 1 spiro atoms. The summed E-state index contributed by atoms with van der Waals surface area (Å²) in [5, 5.41) is 5.26. The molecule has 1 saturated heterocycles. The van der Waals surface area contributed by atoms with Crippen molar-refractivity contribution in [3.05, 3.63) is 30.1 Å². The lowest BCUT2D eigenvalue weighted by Gasteiger charge is -2.37. The summed E-state index contributed by atoms with van der Waals surface area (Å²) < 4.78 is 13.7. The van der Waals surface area contributed by atoms with E-state index < -0.39 is 29.3 Å². The Morgan fingerprint density at radius 3 is 2.76 bits per heavy atom. The number of amides is 4. The van der Waals surface area contributed by atoms with Crippen molar-refractivity contribution in [3.8, 4) is 0 Å². The van der Waals surface area contributed by atoms with Gasteiger partial charge in [-0.05, 0) is 37.8 Å². The molecule has 2 N–H and O–H groups in total. The molecule has 1 saturated carbocycles. The minimum absolute atomic E-state index is 0.0181. The smallest absolute Gasteiger partial charge is 0.323 e.